The highest BCUT2D eigenvalue weighted by molar-refractivity contribution is 5.86. The summed E-state index contributed by atoms with van der Waals surface area (Å²) >= 11 is 0. The van der Waals surface area contributed by atoms with Crippen molar-refractivity contribution in [3.63, 3.8) is 0 Å². The minimum absolute atomic E-state index is 0.189. The number of carbonyl (C=O) groups excluding carboxylic acids is 1. The summed E-state index contributed by atoms with van der Waals surface area (Å²) in [5, 5.41) is 3.90. The molecule has 0 saturated carbocycles. The second kappa shape index (κ2) is 7.64. The maximum absolute atomic E-state index is 13.5. The largest absolute Gasteiger partial charge is 0.481 e. The number of aryl methyl sites for hydroxylation is 1. The Balaban J connectivity index is 1.33. The molecular weight excluding hydrogens is 396 g/mol. The molecule has 2 saturated heterocycles. The maximum atomic E-state index is 13.5. The topological polar surface area (TPSA) is 97.5 Å². The minimum atomic E-state index is -0.386. The highest BCUT2D eigenvalue weighted by Gasteiger charge is 2.51. The standard InChI is InChI=1S/C22H24N6O3/c1-15-24-19(31-26-15)17-6-4-3-5-16(17)13-27-11-8-22(20(27)29)9-12-28(14-22)21-23-10-7-18(25-21)30-2/h3-7,10H,8-9,11-14H2,1-2H3. The molecule has 1 spiro atoms. The Morgan fingerprint density at radius 2 is 2.00 bits per heavy atom. The zero-order valence-corrected chi connectivity index (χ0v) is 17.6. The number of anilines is 1. The number of hydrogen-bond donors (Lipinski definition) is 0. The molecule has 2 aromatic heterocycles. The molecule has 1 aromatic carbocycles. The summed E-state index contributed by atoms with van der Waals surface area (Å²) in [6.45, 7) is 4.42. The van der Waals surface area contributed by atoms with Gasteiger partial charge in [0.2, 0.25) is 17.7 Å². The molecule has 160 valence electrons. The van der Waals surface area contributed by atoms with Gasteiger partial charge in [0, 0.05) is 44.0 Å². The fraction of sp³-hybridized carbons (Fsp3) is 0.409. The van der Waals surface area contributed by atoms with Gasteiger partial charge in [-0.15, -0.1) is 0 Å². The normalized spacial score (nSPS) is 20.8. The van der Waals surface area contributed by atoms with Gasteiger partial charge < -0.3 is 19.1 Å². The first-order valence-corrected chi connectivity index (χ1v) is 10.4. The predicted octanol–water partition coefficient (Wildman–Crippen LogP) is 2.47. The van der Waals surface area contributed by atoms with E-state index in [-0.39, 0.29) is 11.3 Å². The molecule has 9 nitrogen and oxygen atoms in total. The lowest BCUT2D eigenvalue weighted by molar-refractivity contribution is -0.135. The fourth-order valence-corrected chi connectivity index (χ4v) is 4.54. The van der Waals surface area contributed by atoms with Crippen molar-refractivity contribution in [1.29, 1.82) is 0 Å². The van der Waals surface area contributed by atoms with Gasteiger partial charge in [-0.3, -0.25) is 4.79 Å². The van der Waals surface area contributed by atoms with Crippen molar-refractivity contribution in [3.05, 3.63) is 47.9 Å². The van der Waals surface area contributed by atoms with E-state index >= 15 is 0 Å². The van der Waals surface area contributed by atoms with Crippen molar-refractivity contribution < 1.29 is 14.1 Å². The van der Waals surface area contributed by atoms with Gasteiger partial charge >= 0.3 is 0 Å². The van der Waals surface area contributed by atoms with E-state index in [4.69, 9.17) is 9.26 Å². The lowest BCUT2D eigenvalue weighted by Gasteiger charge is -2.24. The molecule has 3 aromatic rings. The number of rotatable bonds is 5. The zero-order chi connectivity index (χ0) is 21.4. The molecule has 2 fully saturated rings. The zero-order valence-electron chi connectivity index (χ0n) is 17.6. The van der Waals surface area contributed by atoms with Crippen molar-refractivity contribution in [2.75, 3.05) is 31.6 Å². The summed E-state index contributed by atoms with van der Waals surface area (Å²) in [5.74, 6) is 2.40. The van der Waals surface area contributed by atoms with E-state index in [1.54, 1.807) is 26.3 Å². The highest BCUT2D eigenvalue weighted by Crippen LogP contribution is 2.42. The van der Waals surface area contributed by atoms with Crippen LogP contribution in [-0.2, 0) is 11.3 Å². The Morgan fingerprint density at radius 3 is 2.81 bits per heavy atom. The van der Waals surface area contributed by atoms with Crippen LogP contribution in [0.5, 0.6) is 5.88 Å². The van der Waals surface area contributed by atoms with Crippen molar-refractivity contribution in [1.82, 2.24) is 25.0 Å². The summed E-state index contributed by atoms with van der Waals surface area (Å²) in [7, 11) is 1.59. The van der Waals surface area contributed by atoms with Crippen LogP contribution in [0.2, 0.25) is 0 Å². The van der Waals surface area contributed by atoms with Crippen molar-refractivity contribution in [3.8, 4) is 17.3 Å². The van der Waals surface area contributed by atoms with Gasteiger partial charge in [-0.25, -0.2) is 4.98 Å². The van der Waals surface area contributed by atoms with Crippen LogP contribution < -0.4 is 9.64 Å². The second-order valence-corrected chi connectivity index (χ2v) is 8.13. The first kappa shape index (κ1) is 19.5. The summed E-state index contributed by atoms with van der Waals surface area (Å²) in [4.78, 5) is 30.6. The molecule has 2 aliphatic rings. The third-order valence-corrected chi connectivity index (χ3v) is 6.20. The second-order valence-electron chi connectivity index (χ2n) is 8.13. The van der Waals surface area contributed by atoms with E-state index in [1.165, 1.54) is 0 Å². The first-order chi connectivity index (χ1) is 15.1. The first-order valence-electron chi connectivity index (χ1n) is 10.4. The molecule has 2 aliphatic heterocycles. The van der Waals surface area contributed by atoms with Crippen LogP contribution in [0.15, 0.2) is 41.1 Å². The molecular formula is C22H24N6O3. The number of nitrogens with zero attached hydrogens (tertiary/aromatic N) is 6. The van der Waals surface area contributed by atoms with E-state index in [2.05, 4.69) is 25.0 Å². The minimum Gasteiger partial charge on any atom is -0.481 e. The number of aromatic nitrogens is 4. The molecule has 0 N–H and O–H groups in total. The van der Waals surface area contributed by atoms with E-state index in [0.29, 0.717) is 36.6 Å². The monoisotopic (exact) mass is 420 g/mol. The van der Waals surface area contributed by atoms with E-state index in [0.717, 1.165) is 37.1 Å². The number of benzene rings is 1. The smallest absolute Gasteiger partial charge is 0.258 e. The van der Waals surface area contributed by atoms with Crippen LogP contribution in [0.1, 0.15) is 24.2 Å². The summed E-state index contributed by atoms with van der Waals surface area (Å²) in [6, 6.07) is 9.60. The lowest BCUT2D eigenvalue weighted by atomic mass is 9.85. The van der Waals surface area contributed by atoms with Crippen LogP contribution in [0.4, 0.5) is 5.95 Å². The van der Waals surface area contributed by atoms with Crippen molar-refractivity contribution >= 4 is 11.9 Å². The fourth-order valence-electron chi connectivity index (χ4n) is 4.54. The van der Waals surface area contributed by atoms with Gasteiger partial charge in [0.05, 0.1) is 12.5 Å². The third kappa shape index (κ3) is 3.49. The molecule has 1 atom stereocenters. The molecule has 0 radical (unpaired) electrons. The molecule has 5 rings (SSSR count). The van der Waals surface area contributed by atoms with Gasteiger partial charge in [0.15, 0.2) is 5.82 Å². The lowest BCUT2D eigenvalue weighted by Crippen LogP contribution is -2.37. The highest BCUT2D eigenvalue weighted by atomic mass is 16.5. The average Bonchev–Trinajstić information content (AvgIpc) is 3.50. The summed E-state index contributed by atoms with van der Waals surface area (Å²) in [6.07, 6.45) is 3.31. The van der Waals surface area contributed by atoms with Crippen LogP contribution in [0.25, 0.3) is 11.5 Å². The molecule has 9 heteroatoms. The van der Waals surface area contributed by atoms with Crippen LogP contribution in [0, 0.1) is 12.3 Å². The van der Waals surface area contributed by atoms with Gasteiger partial charge in [-0.2, -0.15) is 9.97 Å². The Labute approximate surface area is 180 Å². The predicted molar refractivity (Wildman–Crippen MR) is 112 cm³/mol. The number of ether oxygens (including phenoxy) is 1. The maximum Gasteiger partial charge on any atom is 0.258 e. The quantitative estimate of drug-likeness (QED) is 0.621. The molecule has 1 amide bonds. The van der Waals surface area contributed by atoms with Crippen molar-refractivity contribution in [2.45, 2.75) is 26.3 Å². The molecule has 1 unspecified atom stereocenters. The molecule has 0 aliphatic carbocycles. The number of likely N-dealkylation sites (tertiary alicyclic amines) is 1. The molecule has 4 heterocycles. The van der Waals surface area contributed by atoms with Crippen LogP contribution >= 0.6 is 0 Å². The van der Waals surface area contributed by atoms with Gasteiger partial charge in [0.25, 0.3) is 5.89 Å². The Kier molecular flexibility index (Phi) is 4.80. The SMILES string of the molecule is COc1ccnc(N2CCC3(CCN(Cc4ccccc4-c4nc(C)no4)C3=O)C2)n1. The van der Waals surface area contributed by atoms with Crippen LogP contribution in [-0.4, -0.2) is 57.7 Å². The third-order valence-electron chi connectivity index (χ3n) is 6.20. The van der Waals surface area contributed by atoms with Crippen molar-refractivity contribution in [2.24, 2.45) is 5.41 Å². The summed E-state index contributed by atoms with van der Waals surface area (Å²) in [5.41, 5.74) is 1.49. The number of hydrogen-bond acceptors (Lipinski definition) is 8. The number of amides is 1. The number of methoxy groups -OCH3 is 1. The van der Waals surface area contributed by atoms with E-state index in [9.17, 15) is 4.79 Å². The molecule has 0 bridgehead atoms. The summed E-state index contributed by atoms with van der Waals surface area (Å²) < 4.78 is 10.6. The Bertz CT molecular complexity index is 1120. The Hall–Kier alpha value is -3.49. The van der Waals surface area contributed by atoms with E-state index in [1.807, 2.05) is 29.2 Å². The number of carbonyl (C=O) groups is 1. The van der Waals surface area contributed by atoms with Crippen LogP contribution in [0.3, 0.4) is 0 Å². The molecule has 31 heavy (non-hydrogen) atoms. The Morgan fingerprint density at radius 1 is 1.16 bits per heavy atom. The van der Waals surface area contributed by atoms with Gasteiger partial charge in [0.1, 0.15) is 0 Å². The van der Waals surface area contributed by atoms with Gasteiger partial charge in [-0.1, -0.05) is 23.4 Å². The van der Waals surface area contributed by atoms with Gasteiger partial charge in [-0.05, 0) is 31.4 Å². The van der Waals surface area contributed by atoms with E-state index < -0.39 is 0 Å². The average molecular weight is 420 g/mol.